The van der Waals surface area contributed by atoms with Crippen LogP contribution in [0.5, 0.6) is 0 Å². The number of carbonyl (C=O) groups is 1. The highest BCUT2D eigenvalue weighted by molar-refractivity contribution is 5.82. The molecule has 3 aliphatic rings. The van der Waals surface area contributed by atoms with Gasteiger partial charge in [0.25, 0.3) is 0 Å². The molecule has 4 rings (SSSR count). The first-order valence-corrected chi connectivity index (χ1v) is 10.5. The minimum atomic E-state index is -2.84. The van der Waals surface area contributed by atoms with E-state index in [0.29, 0.717) is 5.56 Å². The van der Waals surface area contributed by atoms with Gasteiger partial charge in [0.15, 0.2) is 11.7 Å². The number of rotatable bonds is 4. The second kappa shape index (κ2) is 8.60. The number of quaternary nitrogens is 1. The van der Waals surface area contributed by atoms with Gasteiger partial charge in [-0.2, -0.15) is 0 Å². The molecule has 0 amide bonds. The second-order valence-electron chi connectivity index (χ2n) is 9.00. The van der Waals surface area contributed by atoms with Crippen molar-refractivity contribution in [1.82, 2.24) is 0 Å². The zero-order chi connectivity index (χ0) is 19.8. The number of esters is 1. The van der Waals surface area contributed by atoms with Gasteiger partial charge in [0.2, 0.25) is 5.92 Å². The molecule has 1 aromatic carbocycles. The lowest BCUT2D eigenvalue weighted by atomic mass is 9.80. The molecule has 0 unspecified atom stereocenters. The van der Waals surface area contributed by atoms with E-state index in [2.05, 4.69) is 0 Å². The molecule has 1 saturated carbocycles. The Morgan fingerprint density at radius 2 is 1.79 bits per heavy atom. The average Bonchev–Trinajstić information content (AvgIpc) is 3.25. The van der Waals surface area contributed by atoms with E-state index in [1.165, 1.54) is 19.3 Å². The van der Waals surface area contributed by atoms with Gasteiger partial charge in [-0.05, 0) is 31.2 Å². The number of nitrogens with zero attached hydrogens (tertiary/aromatic N) is 1. The molecule has 3 fully saturated rings. The predicted octanol–water partition coefficient (Wildman–Crippen LogP) is 0.630. The highest BCUT2D eigenvalue weighted by Crippen LogP contribution is 2.48. The topological polar surface area (TPSA) is 46.5 Å². The minimum Gasteiger partial charge on any atom is -1.00 e. The van der Waals surface area contributed by atoms with Gasteiger partial charge in [-0.25, -0.2) is 13.6 Å². The number of piperidine rings is 1. The van der Waals surface area contributed by atoms with Gasteiger partial charge in [0, 0.05) is 25.2 Å². The molecule has 1 aliphatic carbocycles. The molecule has 0 bridgehead atoms. The molecular weight excluding hydrogens is 444 g/mol. The predicted molar refractivity (Wildman–Crippen MR) is 101 cm³/mol. The first-order valence-electron chi connectivity index (χ1n) is 10.5. The molecule has 1 spiro atoms. The molecule has 4 nitrogen and oxygen atoms in total. The average molecular weight is 474 g/mol. The number of halogens is 3. The lowest BCUT2D eigenvalue weighted by molar-refractivity contribution is -0.922. The lowest BCUT2D eigenvalue weighted by Gasteiger charge is -2.38. The highest BCUT2D eigenvalue weighted by Gasteiger charge is 2.55. The third-order valence-corrected chi connectivity index (χ3v) is 7.07. The number of aliphatic hydroxyl groups is 1. The summed E-state index contributed by atoms with van der Waals surface area (Å²) in [4.78, 5) is 13.2. The maximum Gasteiger partial charge on any atom is 0.343 e. The quantitative estimate of drug-likeness (QED) is 0.515. The van der Waals surface area contributed by atoms with E-state index in [-0.39, 0.29) is 35.9 Å². The normalized spacial score (nSPS) is 29.8. The molecule has 2 saturated heterocycles. The van der Waals surface area contributed by atoms with Crippen molar-refractivity contribution in [2.24, 2.45) is 5.92 Å². The van der Waals surface area contributed by atoms with E-state index in [9.17, 15) is 18.7 Å². The third-order valence-electron chi connectivity index (χ3n) is 7.07. The third kappa shape index (κ3) is 4.52. The summed E-state index contributed by atoms with van der Waals surface area (Å²) < 4.78 is 34.5. The summed E-state index contributed by atoms with van der Waals surface area (Å²) in [6, 6.07) is 8.46. The Hall–Kier alpha value is -1.05. The minimum absolute atomic E-state index is 0. The molecule has 1 aromatic rings. The number of hydrogen-bond acceptors (Lipinski definition) is 3. The molecular formula is C22H30BrF2NO3. The number of carbonyl (C=O) groups excluding carboxylic acids is 1. The van der Waals surface area contributed by atoms with Gasteiger partial charge >= 0.3 is 5.97 Å². The van der Waals surface area contributed by atoms with E-state index in [1.807, 2.05) is 0 Å². The monoisotopic (exact) mass is 473 g/mol. The summed E-state index contributed by atoms with van der Waals surface area (Å²) in [5.41, 5.74) is -1.67. The first kappa shape index (κ1) is 22.6. The molecule has 162 valence electrons. The van der Waals surface area contributed by atoms with Crippen molar-refractivity contribution in [3.63, 3.8) is 0 Å². The number of benzene rings is 1. The maximum absolute atomic E-state index is 13.9. The summed E-state index contributed by atoms with van der Waals surface area (Å²) in [5, 5.41) is 11.4. The van der Waals surface area contributed by atoms with Crippen LogP contribution in [0, 0.1) is 5.92 Å². The van der Waals surface area contributed by atoms with Gasteiger partial charge < -0.3 is 31.3 Å². The van der Waals surface area contributed by atoms with Crippen LogP contribution in [0.4, 0.5) is 8.78 Å². The Morgan fingerprint density at radius 3 is 2.41 bits per heavy atom. The summed E-state index contributed by atoms with van der Waals surface area (Å²) >= 11 is 0. The largest absolute Gasteiger partial charge is 1.00 e. The van der Waals surface area contributed by atoms with E-state index in [1.54, 1.807) is 30.3 Å². The van der Waals surface area contributed by atoms with Gasteiger partial charge in [-0.3, -0.25) is 0 Å². The Kier molecular flexibility index (Phi) is 6.71. The molecule has 1 N–H and O–H groups in total. The van der Waals surface area contributed by atoms with Crippen molar-refractivity contribution < 1.29 is 44.9 Å². The Balaban J connectivity index is 0.00000240. The Bertz CT molecular complexity index is 711. The van der Waals surface area contributed by atoms with Crippen molar-refractivity contribution in [2.45, 2.75) is 62.6 Å². The van der Waals surface area contributed by atoms with E-state index >= 15 is 0 Å². The van der Waals surface area contributed by atoms with Gasteiger partial charge in [0.1, 0.15) is 6.54 Å². The van der Waals surface area contributed by atoms with Gasteiger partial charge in [-0.1, -0.05) is 30.3 Å². The molecule has 29 heavy (non-hydrogen) atoms. The van der Waals surface area contributed by atoms with Crippen LogP contribution in [0.1, 0.15) is 50.5 Å². The summed E-state index contributed by atoms with van der Waals surface area (Å²) in [5.74, 6) is -4.44. The molecule has 0 radical (unpaired) electrons. The SMILES string of the molecule is O=C(O[C@@H]1CC[N+]2(CCCCC2)C1)[C@](O)(c1ccccc1)[C@@H]1CCC(F)(F)C1.[Br-]. The fourth-order valence-electron chi connectivity index (χ4n) is 5.48. The van der Waals surface area contributed by atoms with Crippen molar-refractivity contribution in [3.8, 4) is 0 Å². The zero-order valence-corrected chi connectivity index (χ0v) is 18.3. The van der Waals surface area contributed by atoms with Crippen molar-refractivity contribution in [2.75, 3.05) is 26.2 Å². The van der Waals surface area contributed by atoms with Crippen LogP contribution in [-0.2, 0) is 15.1 Å². The summed E-state index contributed by atoms with van der Waals surface area (Å²) in [6.07, 6.45) is 3.51. The van der Waals surface area contributed by atoms with E-state index < -0.39 is 29.8 Å². The smallest absolute Gasteiger partial charge is 0.343 e. The lowest BCUT2D eigenvalue weighted by Crippen LogP contribution is -3.00. The Morgan fingerprint density at radius 1 is 1.10 bits per heavy atom. The molecule has 2 aliphatic heterocycles. The number of alkyl halides is 2. The van der Waals surface area contributed by atoms with Crippen LogP contribution in [0.3, 0.4) is 0 Å². The number of ether oxygens (including phenoxy) is 1. The van der Waals surface area contributed by atoms with E-state index in [0.717, 1.165) is 37.1 Å². The van der Waals surface area contributed by atoms with Crippen molar-refractivity contribution >= 4 is 5.97 Å². The van der Waals surface area contributed by atoms with E-state index in [4.69, 9.17) is 4.74 Å². The summed E-state index contributed by atoms with van der Waals surface area (Å²) in [6.45, 7) is 4.00. The van der Waals surface area contributed by atoms with Gasteiger partial charge in [-0.15, -0.1) is 0 Å². The van der Waals surface area contributed by atoms with Crippen LogP contribution in [-0.4, -0.2) is 53.8 Å². The summed E-state index contributed by atoms with van der Waals surface area (Å²) in [7, 11) is 0. The van der Waals surface area contributed by atoms with Crippen LogP contribution in [0.25, 0.3) is 0 Å². The van der Waals surface area contributed by atoms with Crippen LogP contribution in [0.15, 0.2) is 30.3 Å². The van der Waals surface area contributed by atoms with Gasteiger partial charge in [0.05, 0.1) is 19.6 Å². The highest BCUT2D eigenvalue weighted by atomic mass is 79.9. The van der Waals surface area contributed by atoms with Crippen LogP contribution < -0.4 is 17.0 Å². The maximum atomic E-state index is 13.9. The Labute approximate surface area is 181 Å². The second-order valence-corrected chi connectivity index (χ2v) is 9.00. The molecule has 0 aromatic heterocycles. The molecule has 3 atom stereocenters. The first-order chi connectivity index (χ1) is 13.3. The van der Waals surface area contributed by atoms with Crippen molar-refractivity contribution in [3.05, 3.63) is 35.9 Å². The molecule has 2 heterocycles. The fourth-order valence-corrected chi connectivity index (χ4v) is 5.48. The molecule has 7 heteroatoms. The zero-order valence-electron chi connectivity index (χ0n) is 16.7. The standard InChI is InChI=1S/C22H30F2NO3.BrH/c23-21(24)11-9-18(15-21)22(27,17-7-3-1-4-8-17)20(26)28-19-10-14-25(16-19)12-5-2-6-13-25;/h1,3-4,7-8,18-19,27H,2,5-6,9-16H2;1H/q+1;/p-1/t18-,19-,22+;/m1./s1. The fraction of sp³-hybridized carbons (Fsp3) is 0.682. The number of hydrogen-bond donors (Lipinski definition) is 1. The van der Waals surface area contributed by atoms with Crippen LogP contribution in [0.2, 0.25) is 0 Å². The van der Waals surface area contributed by atoms with Crippen molar-refractivity contribution in [1.29, 1.82) is 0 Å². The van der Waals surface area contributed by atoms with Crippen LogP contribution >= 0.6 is 0 Å².